The van der Waals surface area contributed by atoms with E-state index in [0.717, 1.165) is 5.56 Å². The standard InChI is InChI=1S/C13H15NO4S.C2H6/c1-3-16-10(19)5-4-8-6-9(14)12-13(11(8)15-2)18-7-17-12;1-2/h4-6H,3,7,14H2,1-2H3;1-2H3/b5-4+;. The minimum absolute atomic E-state index is 0.139. The van der Waals surface area contributed by atoms with Crippen LogP contribution in [0.4, 0.5) is 5.69 Å². The van der Waals surface area contributed by atoms with E-state index in [2.05, 4.69) is 0 Å². The first-order valence-corrected chi connectivity index (χ1v) is 7.19. The van der Waals surface area contributed by atoms with E-state index in [9.17, 15) is 0 Å². The lowest BCUT2D eigenvalue weighted by Crippen LogP contribution is -1.97. The second kappa shape index (κ2) is 8.36. The molecule has 0 atom stereocenters. The van der Waals surface area contributed by atoms with Gasteiger partial charge in [0, 0.05) is 5.56 Å². The molecule has 0 unspecified atom stereocenters. The molecule has 1 aliphatic heterocycles. The minimum Gasteiger partial charge on any atom is -0.492 e. The van der Waals surface area contributed by atoms with E-state index in [1.54, 1.807) is 25.3 Å². The Morgan fingerprint density at radius 3 is 2.67 bits per heavy atom. The maximum atomic E-state index is 5.90. The second-order valence-electron chi connectivity index (χ2n) is 3.74. The maximum absolute atomic E-state index is 5.90. The molecule has 0 aromatic heterocycles. The van der Waals surface area contributed by atoms with Crippen LogP contribution in [0.1, 0.15) is 26.3 Å². The van der Waals surface area contributed by atoms with Crippen molar-refractivity contribution in [3.8, 4) is 17.2 Å². The van der Waals surface area contributed by atoms with Crippen molar-refractivity contribution >= 4 is 29.0 Å². The lowest BCUT2D eigenvalue weighted by atomic mass is 10.1. The average molecular weight is 311 g/mol. The molecule has 116 valence electrons. The highest BCUT2D eigenvalue weighted by atomic mass is 32.1. The van der Waals surface area contributed by atoms with Gasteiger partial charge in [0.2, 0.25) is 12.5 Å². The van der Waals surface area contributed by atoms with Gasteiger partial charge in [-0.1, -0.05) is 13.8 Å². The summed E-state index contributed by atoms with van der Waals surface area (Å²) in [5, 5.41) is 0.404. The monoisotopic (exact) mass is 311 g/mol. The number of hydrogen-bond acceptors (Lipinski definition) is 6. The summed E-state index contributed by atoms with van der Waals surface area (Å²) in [5.41, 5.74) is 7.15. The fraction of sp³-hybridized carbons (Fsp3) is 0.400. The fourth-order valence-corrected chi connectivity index (χ4v) is 1.96. The van der Waals surface area contributed by atoms with Gasteiger partial charge in [0.25, 0.3) is 0 Å². The molecule has 0 aliphatic carbocycles. The van der Waals surface area contributed by atoms with Gasteiger partial charge < -0.3 is 24.7 Å². The number of benzene rings is 1. The number of ether oxygens (including phenoxy) is 4. The average Bonchev–Trinajstić information content (AvgIpc) is 2.98. The van der Waals surface area contributed by atoms with Crippen LogP contribution in [-0.4, -0.2) is 25.6 Å². The highest BCUT2D eigenvalue weighted by Crippen LogP contribution is 2.47. The largest absolute Gasteiger partial charge is 0.492 e. The Hall–Kier alpha value is -1.95. The highest BCUT2D eigenvalue weighted by molar-refractivity contribution is 7.80. The summed E-state index contributed by atoms with van der Waals surface area (Å²) in [6.45, 7) is 6.54. The molecule has 0 radical (unpaired) electrons. The predicted molar refractivity (Wildman–Crippen MR) is 88.1 cm³/mol. The van der Waals surface area contributed by atoms with Crippen LogP contribution in [0.3, 0.4) is 0 Å². The molecule has 6 heteroatoms. The molecule has 2 N–H and O–H groups in total. The molecule has 21 heavy (non-hydrogen) atoms. The summed E-state index contributed by atoms with van der Waals surface area (Å²) in [6.07, 6.45) is 3.45. The number of nitrogen functional groups attached to an aromatic ring is 1. The molecular formula is C15H21NO4S. The van der Waals surface area contributed by atoms with Crippen LogP contribution in [0.15, 0.2) is 12.1 Å². The van der Waals surface area contributed by atoms with Gasteiger partial charge in [-0.2, -0.15) is 0 Å². The van der Waals surface area contributed by atoms with Gasteiger partial charge in [0.05, 0.1) is 19.4 Å². The van der Waals surface area contributed by atoms with Crippen molar-refractivity contribution in [3.63, 3.8) is 0 Å². The van der Waals surface area contributed by atoms with E-state index in [0.29, 0.717) is 34.6 Å². The summed E-state index contributed by atoms with van der Waals surface area (Å²) >= 11 is 5.03. The summed E-state index contributed by atoms with van der Waals surface area (Å²) < 4.78 is 21.2. The van der Waals surface area contributed by atoms with E-state index < -0.39 is 0 Å². The molecular weight excluding hydrogens is 290 g/mol. The highest BCUT2D eigenvalue weighted by Gasteiger charge is 2.24. The third-order valence-electron chi connectivity index (χ3n) is 2.54. The third kappa shape index (κ3) is 4.01. The number of anilines is 1. The van der Waals surface area contributed by atoms with Gasteiger partial charge in [-0.25, -0.2) is 0 Å². The SMILES string of the molecule is CC.CCOC(=S)/C=C/c1cc(N)c2c(c1OC)OCO2. The quantitative estimate of drug-likeness (QED) is 0.522. The van der Waals surface area contributed by atoms with Gasteiger partial charge in [-0.05, 0) is 37.4 Å². The molecule has 0 bridgehead atoms. The van der Waals surface area contributed by atoms with Gasteiger partial charge in [0.1, 0.15) is 0 Å². The molecule has 0 fully saturated rings. The summed E-state index contributed by atoms with van der Waals surface area (Å²) in [4.78, 5) is 0. The van der Waals surface area contributed by atoms with Crippen LogP contribution in [0.25, 0.3) is 6.08 Å². The number of thiocarbonyl (C=S) groups is 1. The lowest BCUT2D eigenvalue weighted by Gasteiger charge is -2.10. The molecule has 0 amide bonds. The minimum atomic E-state index is 0.139. The van der Waals surface area contributed by atoms with Crippen molar-refractivity contribution in [3.05, 3.63) is 17.7 Å². The van der Waals surface area contributed by atoms with Crippen LogP contribution >= 0.6 is 12.2 Å². The molecule has 1 aliphatic rings. The van der Waals surface area contributed by atoms with E-state index >= 15 is 0 Å². The Balaban J connectivity index is 0.00000106. The third-order valence-corrected chi connectivity index (χ3v) is 2.80. The van der Waals surface area contributed by atoms with Crippen molar-refractivity contribution in [1.82, 2.24) is 0 Å². The smallest absolute Gasteiger partial charge is 0.231 e. The fourth-order valence-electron chi connectivity index (χ4n) is 1.77. The van der Waals surface area contributed by atoms with Crippen molar-refractivity contribution in [2.45, 2.75) is 20.8 Å². The first kappa shape index (κ1) is 17.1. The number of hydrogen-bond donors (Lipinski definition) is 1. The summed E-state index contributed by atoms with van der Waals surface area (Å²) in [6, 6.07) is 1.75. The maximum Gasteiger partial charge on any atom is 0.231 e. The topological polar surface area (TPSA) is 62.9 Å². The van der Waals surface area contributed by atoms with Crippen LogP contribution in [0, 0.1) is 0 Å². The molecule has 2 rings (SSSR count). The zero-order valence-corrected chi connectivity index (χ0v) is 13.6. The van der Waals surface area contributed by atoms with Gasteiger partial charge in [-0.15, -0.1) is 0 Å². The van der Waals surface area contributed by atoms with Crippen molar-refractivity contribution in [2.24, 2.45) is 0 Å². The Kier molecular flexibility index (Phi) is 6.81. The second-order valence-corrected chi connectivity index (χ2v) is 4.14. The van der Waals surface area contributed by atoms with Crippen molar-refractivity contribution in [1.29, 1.82) is 0 Å². The van der Waals surface area contributed by atoms with E-state index in [4.69, 9.17) is 36.9 Å². The zero-order chi connectivity index (χ0) is 15.8. The van der Waals surface area contributed by atoms with Crippen LogP contribution < -0.4 is 19.9 Å². The van der Waals surface area contributed by atoms with Crippen LogP contribution in [0.5, 0.6) is 17.2 Å². The Labute approximate surface area is 130 Å². The van der Waals surface area contributed by atoms with Crippen LogP contribution in [-0.2, 0) is 4.74 Å². The molecule has 5 nitrogen and oxygen atoms in total. The number of methoxy groups -OCH3 is 1. The van der Waals surface area contributed by atoms with E-state index in [1.165, 1.54) is 0 Å². The number of nitrogens with two attached hydrogens (primary N) is 1. The Bertz CT molecular complexity index is 529. The van der Waals surface area contributed by atoms with Crippen LogP contribution in [0.2, 0.25) is 0 Å². The van der Waals surface area contributed by atoms with E-state index in [-0.39, 0.29) is 6.79 Å². The molecule has 1 aromatic rings. The lowest BCUT2D eigenvalue weighted by molar-refractivity contribution is 0.171. The normalized spacial score (nSPS) is 11.8. The van der Waals surface area contributed by atoms with Crippen molar-refractivity contribution < 1.29 is 18.9 Å². The zero-order valence-electron chi connectivity index (χ0n) is 12.8. The van der Waals surface area contributed by atoms with E-state index in [1.807, 2.05) is 20.8 Å². The number of rotatable bonds is 4. The number of fused-ring (bicyclic) bond motifs is 1. The molecule has 1 heterocycles. The first-order chi connectivity index (χ1) is 10.2. The van der Waals surface area contributed by atoms with Gasteiger partial charge in [-0.3, -0.25) is 0 Å². The van der Waals surface area contributed by atoms with Gasteiger partial charge in [0.15, 0.2) is 16.5 Å². The first-order valence-electron chi connectivity index (χ1n) is 6.78. The molecule has 0 saturated carbocycles. The summed E-state index contributed by atoms with van der Waals surface area (Å²) in [7, 11) is 1.56. The molecule has 0 spiro atoms. The van der Waals surface area contributed by atoms with Crippen molar-refractivity contribution in [2.75, 3.05) is 26.2 Å². The molecule has 1 aromatic carbocycles. The molecule has 0 saturated heterocycles. The predicted octanol–water partition coefficient (Wildman–Crippen LogP) is 3.41. The Morgan fingerprint density at radius 1 is 1.38 bits per heavy atom. The summed E-state index contributed by atoms with van der Waals surface area (Å²) in [5.74, 6) is 1.60. The van der Waals surface area contributed by atoms with Gasteiger partial charge >= 0.3 is 0 Å². The Morgan fingerprint density at radius 2 is 2.05 bits per heavy atom.